The van der Waals surface area contributed by atoms with Crippen LogP contribution in [0.2, 0.25) is 0 Å². The third-order valence-electron chi connectivity index (χ3n) is 3.07. The fourth-order valence-corrected chi connectivity index (χ4v) is 2.21. The van der Waals surface area contributed by atoms with E-state index in [1.807, 2.05) is 6.20 Å². The van der Waals surface area contributed by atoms with Crippen molar-refractivity contribution in [3.8, 4) is 0 Å². The lowest BCUT2D eigenvalue weighted by atomic mass is 10.1. The fourth-order valence-electron chi connectivity index (χ4n) is 2.21. The Morgan fingerprint density at radius 3 is 3.13 bits per heavy atom. The first kappa shape index (κ1) is 10.5. The molecule has 2 N–H and O–H groups in total. The summed E-state index contributed by atoms with van der Waals surface area (Å²) in [7, 11) is 0. The van der Waals surface area contributed by atoms with Gasteiger partial charge >= 0.3 is 0 Å². The van der Waals surface area contributed by atoms with Crippen LogP contribution in [0.1, 0.15) is 19.8 Å². The van der Waals surface area contributed by atoms with E-state index in [1.54, 1.807) is 0 Å². The normalized spacial score (nSPS) is 21.2. The van der Waals surface area contributed by atoms with E-state index in [4.69, 9.17) is 5.73 Å². The molecule has 84 valence electrons. The molecule has 1 atom stereocenters. The van der Waals surface area contributed by atoms with Crippen molar-refractivity contribution in [1.82, 2.24) is 9.78 Å². The van der Waals surface area contributed by atoms with Crippen molar-refractivity contribution in [2.75, 3.05) is 24.5 Å². The molecule has 1 aliphatic rings. The fraction of sp³-hybridized carbons (Fsp3) is 0.727. The maximum atomic E-state index is 5.70. The van der Waals surface area contributed by atoms with Crippen LogP contribution in [0.4, 0.5) is 5.82 Å². The molecule has 4 heteroatoms. The van der Waals surface area contributed by atoms with Gasteiger partial charge in [0.05, 0.1) is 6.20 Å². The van der Waals surface area contributed by atoms with Crippen molar-refractivity contribution in [3.05, 3.63) is 12.3 Å². The van der Waals surface area contributed by atoms with Crippen LogP contribution in [0.25, 0.3) is 0 Å². The van der Waals surface area contributed by atoms with Gasteiger partial charge in [0.25, 0.3) is 0 Å². The standard InChI is InChI=1S/C11H20N4/c1-2-6-15-11(3-5-13-15)14-7-4-10(8-12)9-14/h3,5,10H,2,4,6-9,12H2,1H3. The SMILES string of the molecule is CCCn1nccc1N1CCC(CN)C1. The molecule has 2 rings (SSSR count). The molecule has 0 aromatic carbocycles. The Morgan fingerprint density at radius 2 is 2.47 bits per heavy atom. The van der Waals surface area contributed by atoms with E-state index in [9.17, 15) is 0 Å². The van der Waals surface area contributed by atoms with Crippen molar-refractivity contribution < 1.29 is 0 Å². The Kier molecular flexibility index (Phi) is 3.26. The van der Waals surface area contributed by atoms with Gasteiger partial charge in [0, 0.05) is 25.7 Å². The molecule has 1 aliphatic heterocycles. The summed E-state index contributed by atoms with van der Waals surface area (Å²) in [6.45, 7) is 6.20. The van der Waals surface area contributed by atoms with Gasteiger partial charge < -0.3 is 10.6 Å². The lowest BCUT2D eigenvalue weighted by Crippen LogP contribution is -2.25. The molecule has 0 amide bonds. The molecule has 1 unspecified atom stereocenters. The first-order valence-corrected chi connectivity index (χ1v) is 5.82. The van der Waals surface area contributed by atoms with Gasteiger partial charge in [-0.2, -0.15) is 5.10 Å². The van der Waals surface area contributed by atoms with Gasteiger partial charge in [-0.3, -0.25) is 0 Å². The van der Waals surface area contributed by atoms with Crippen molar-refractivity contribution in [1.29, 1.82) is 0 Å². The van der Waals surface area contributed by atoms with E-state index in [2.05, 4.69) is 27.7 Å². The second-order valence-electron chi connectivity index (χ2n) is 4.25. The molecule has 0 spiro atoms. The summed E-state index contributed by atoms with van der Waals surface area (Å²) in [6, 6.07) is 2.11. The third-order valence-corrected chi connectivity index (χ3v) is 3.07. The predicted octanol–water partition coefficient (Wildman–Crippen LogP) is 1.08. The molecule has 4 nitrogen and oxygen atoms in total. The van der Waals surface area contributed by atoms with Crippen LogP contribution >= 0.6 is 0 Å². The summed E-state index contributed by atoms with van der Waals surface area (Å²) in [6.07, 6.45) is 4.23. The van der Waals surface area contributed by atoms with Gasteiger partial charge in [-0.1, -0.05) is 6.92 Å². The zero-order chi connectivity index (χ0) is 10.7. The van der Waals surface area contributed by atoms with E-state index in [-0.39, 0.29) is 0 Å². The summed E-state index contributed by atoms with van der Waals surface area (Å²) in [4.78, 5) is 2.40. The monoisotopic (exact) mass is 208 g/mol. The number of aryl methyl sites for hydroxylation is 1. The molecule has 0 saturated carbocycles. The first-order chi connectivity index (χ1) is 7.35. The highest BCUT2D eigenvalue weighted by molar-refractivity contribution is 5.39. The lowest BCUT2D eigenvalue weighted by molar-refractivity contribution is 0.584. The average Bonchev–Trinajstić information content (AvgIpc) is 2.85. The summed E-state index contributed by atoms with van der Waals surface area (Å²) >= 11 is 0. The minimum absolute atomic E-state index is 0.662. The molecule has 15 heavy (non-hydrogen) atoms. The molecule has 1 aromatic rings. The molecule has 1 aromatic heterocycles. The molecular formula is C11H20N4. The van der Waals surface area contributed by atoms with Crippen molar-refractivity contribution >= 4 is 5.82 Å². The Labute approximate surface area is 91.1 Å². The van der Waals surface area contributed by atoms with E-state index >= 15 is 0 Å². The van der Waals surface area contributed by atoms with Crippen LogP contribution < -0.4 is 10.6 Å². The Hall–Kier alpha value is -1.03. The summed E-state index contributed by atoms with van der Waals surface area (Å²) in [5.74, 6) is 1.92. The van der Waals surface area contributed by atoms with E-state index in [1.165, 1.54) is 12.2 Å². The zero-order valence-electron chi connectivity index (χ0n) is 9.39. The van der Waals surface area contributed by atoms with E-state index in [0.29, 0.717) is 5.92 Å². The number of anilines is 1. The van der Waals surface area contributed by atoms with Crippen LogP contribution in [0.15, 0.2) is 12.3 Å². The first-order valence-electron chi connectivity index (χ1n) is 5.82. The van der Waals surface area contributed by atoms with Crippen molar-refractivity contribution in [2.24, 2.45) is 11.7 Å². The smallest absolute Gasteiger partial charge is 0.126 e. The maximum absolute atomic E-state index is 5.70. The predicted molar refractivity (Wildman–Crippen MR) is 61.9 cm³/mol. The Balaban J connectivity index is 2.06. The number of aromatic nitrogens is 2. The van der Waals surface area contributed by atoms with Crippen LogP contribution in [0.3, 0.4) is 0 Å². The quantitative estimate of drug-likeness (QED) is 0.805. The largest absolute Gasteiger partial charge is 0.356 e. The molecule has 1 saturated heterocycles. The third kappa shape index (κ3) is 2.15. The number of rotatable bonds is 4. The number of nitrogens with zero attached hydrogens (tertiary/aromatic N) is 3. The average molecular weight is 208 g/mol. The molecule has 0 radical (unpaired) electrons. The van der Waals surface area contributed by atoms with Gasteiger partial charge in [-0.05, 0) is 25.3 Å². The lowest BCUT2D eigenvalue weighted by Gasteiger charge is -2.19. The summed E-state index contributed by atoms with van der Waals surface area (Å²) in [5.41, 5.74) is 5.70. The van der Waals surface area contributed by atoms with Gasteiger partial charge in [-0.25, -0.2) is 4.68 Å². The van der Waals surface area contributed by atoms with Gasteiger partial charge in [-0.15, -0.1) is 0 Å². The van der Waals surface area contributed by atoms with Crippen LogP contribution in [-0.2, 0) is 6.54 Å². The highest BCUT2D eigenvalue weighted by Crippen LogP contribution is 2.22. The highest BCUT2D eigenvalue weighted by Gasteiger charge is 2.23. The second-order valence-corrected chi connectivity index (χ2v) is 4.25. The molecular weight excluding hydrogens is 188 g/mol. The summed E-state index contributed by atoms with van der Waals surface area (Å²) < 4.78 is 2.10. The topological polar surface area (TPSA) is 47.1 Å². The van der Waals surface area contributed by atoms with Crippen molar-refractivity contribution in [3.63, 3.8) is 0 Å². The van der Waals surface area contributed by atoms with Gasteiger partial charge in [0.2, 0.25) is 0 Å². The molecule has 2 heterocycles. The minimum Gasteiger partial charge on any atom is -0.356 e. The zero-order valence-corrected chi connectivity index (χ0v) is 9.39. The highest BCUT2D eigenvalue weighted by atomic mass is 15.4. The van der Waals surface area contributed by atoms with Crippen LogP contribution in [0, 0.1) is 5.92 Å². The number of hydrogen-bond donors (Lipinski definition) is 1. The van der Waals surface area contributed by atoms with E-state index in [0.717, 1.165) is 32.6 Å². The van der Waals surface area contributed by atoms with Gasteiger partial charge in [0.15, 0.2) is 0 Å². The Morgan fingerprint density at radius 1 is 1.60 bits per heavy atom. The summed E-state index contributed by atoms with van der Waals surface area (Å²) in [5, 5.41) is 4.35. The van der Waals surface area contributed by atoms with Gasteiger partial charge in [0.1, 0.15) is 5.82 Å². The molecule has 0 bridgehead atoms. The second kappa shape index (κ2) is 4.66. The minimum atomic E-state index is 0.662. The van der Waals surface area contributed by atoms with Crippen LogP contribution in [-0.4, -0.2) is 29.4 Å². The number of nitrogens with two attached hydrogens (primary N) is 1. The number of hydrogen-bond acceptors (Lipinski definition) is 3. The van der Waals surface area contributed by atoms with E-state index < -0.39 is 0 Å². The van der Waals surface area contributed by atoms with Crippen molar-refractivity contribution in [2.45, 2.75) is 26.3 Å². The molecule has 0 aliphatic carbocycles. The van der Waals surface area contributed by atoms with Crippen LogP contribution in [0.5, 0.6) is 0 Å². The Bertz CT molecular complexity index is 307. The maximum Gasteiger partial charge on any atom is 0.126 e. The molecule has 1 fully saturated rings.